The normalized spacial score (nSPS) is 11.9. The van der Waals surface area contributed by atoms with E-state index in [1.54, 1.807) is 18.2 Å². The lowest BCUT2D eigenvalue weighted by Gasteiger charge is -2.12. The van der Waals surface area contributed by atoms with E-state index in [0.29, 0.717) is 18.7 Å². The maximum atomic E-state index is 11.8. The molecule has 1 unspecified atom stereocenters. The second-order valence-corrected chi connectivity index (χ2v) is 4.61. The fourth-order valence-corrected chi connectivity index (χ4v) is 1.75. The molecular weight excluding hydrogens is 242 g/mol. The Labute approximate surface area is 113 Å². The number of primary amides is 1. The minimum Gasteiger partial charge on any atom is -0.366 e. The molecule has 0 aliphatic heterocycles. The molecule has 1 aromatic carbocycles. The quantitative estimate of drug-likeness (QED) is 0.678. The van der Waals surface area contributed by atoms with Crippen LogP contribution in [0.25, 0.3) is 0 Å². The molecular formula is C14H21N3O2. The Balaban J connectivity index is 2.50. The number of nitrogens with two attached hydrogens (primary N) is 2. The minimum atomic E-state index is -0.468. The van der Waals surface area contributed by atoms with Crippen molar-refractivity contribution in [3.63, 3.8) is 0 Å². The van der Waals surface area contributed by atoms with Crippen LogP contribution in [0.5, 0.6) is 0 Å². The van der Waals surface area contributed by atoms with Gasteiger partial charge in [0, 0.05) is 18.0 Å². The van der Waals surface area contributed by atoms with Gasteiger partial charge in [-0.1, -0.05) is 19.1 Å². The number of benzene rings is 1. The molecule has 0 radical (unpaired) electrons. The maximum absolute atomic E-state index is 11.8. The SMILES string of the molecule is CC(CCCN)C(=O)NCc1cccc(C(N)=O)c1. The first kappa shape index (κ1) is 15.2. The highest BCUT2D eigenvalue weighted by atomic mass is 16.2. The van der Waals surface area contributed by atoms with Crippen LogP contribution in [0.15, 0.2) is 24.3 Å². The van der Waals surface area contributed by atoms with E-state index >= 15 is 0 Å². The van der Waals surface area contributed by atoms with Gasteiger partial charge < -0.3 is 16.8 Å². The highest BCUT2D eigenvalue weighted by molar-refractivity contribution is 5.92. The zero-order chi connectivity index (χ0) is 14.3. The summed E-state index contributed by atoms with van der Waals surface area (Å²) >= 11 is 0. The van der Waals surface area contributed by atoms with Gasteiger partial charge in [-0.05, 0) is 37.1 Å². The summed E-state index contributed by atoms with van der Waals surface area (Å²) in [6.45, 7) is 2.87. The summed E-state index contributed by atoms with van der Waals surface area (Å²) in [6.07, 6.45) is 1.62. The Hall–Kier alpha value is -1.88. The Morgan fingerprint density at radius 2 is 2.11 bits per heavy atom. The standard InChI is InChI=1S/C14H21N3O2/c1-10(4-3-7-15)14(19)17-9-11-5-2-6-12(8-11)13(16)18/h2,5-6,8,10H,3-4,7,9,15H2,1H3,(H2,16,18)(H,17,19). The molecule has 0 aliphatic rings. The van der Waals surface area contributed by atoms with Crippen LogP contribution in [0.4, 0.5) is 0 Å². The van der Waals surface area contributed by atoms with Crippen molar-refractivity contribution in [2.24, 2.45) is 17.4 Å². The number of amides is 2. The zero-order valence-corrected chi connectivity index (χ0v) is 11.2. The molecule has 5 N–H and O–H groups in total. The largest absolute Gasteiger partial charge is 0.366 e. The minimum absolute atomic E-state index is 0.00192. The van der Waals surface area contributed by atoms with E-state index in [1.807, 2.05) is 13.0 Å². The van der Waals surface area contributed by atoms with Crippen molar-refractivity contribution in [2.45, 2.75) is 26.3 Å². The van der Waals surface area contributed by atoms with Gasteiger partial charge in [-0.15, -0.1) is 0 Å². The van der Waals surface area contributed by atoms with Crippen molar-refractivity contribution in [2.75, 3.05) is 6.54 Å². The lowest BCUT2D eigenvalue weighted by molar-refractivity contribution is -0.124. The molecule has 0 heterocycles. The third-order valence-corrected chi connectivity index (χ3v) is 2.97. The van der Waals surface area contributed by atoms with E-state index < -0.39 is 5.91 Å². The molecule has 0 spiro atoms. The van der Waals surface area contributed by atoms with Gasteiger partial charge in [-0.3, -0.25) is 9.59 Å². The third kappa shape index (κ3) is 5.09. The fraction of sp³-hybridized carbons (Fsp3) is 0.429. The van der Waals surface area contributed by atoms with Gasteiger partial charge in [-0.25, -0.2) is 0 Å². The topological polar surface area (TPSA) is 98.2 Å². The lowest BCUT2D eigenvalue weighted by atomic mass is 10.0. The number of rotatable bonds is 7. The highest BCUT2D eigenvalue weighted by Crippen LogP contribution is 2.07. The molecule has 0 saturated carbocycles. The number of nitrogens with one attached hydrogen (secondary N) is 1. The molecule has 0 aliphatic carbocycles. The average molecular weight is 263 g/mol. The number of carbonyl (C=O) groups is 2. The van der Waals surface area contributed by atoms with Crippen LogP contribution in [-0.2, 0) is 11.3 Å². The number of hydrogen-bond acceptors (Lipinski definition) is 3. The van der Waals surface area contributed by atoms with Crippen molar-refractivity contribution >= 4 is 11.8 Å². The van der Waals surface area contributed by atoms with Crippen molar-refractivity contribution in [3.8, 4) is 0 Å². The van der Waals surface area contributed by atoms with E-state index in [4.69, 9.17) is 11.5 Å². The van der Waals surface area contributed by atoms with Crippen molar-refractivity contribution in [3.05, 3.63) is 35.4 Å². The molecule has 2 amide bonds. The van der Waals surface area contributed by atoms with Gasteiger partial charge in [0.2, 0.25) is 11.8 Å². The van der Waals surface area contributed by atoms with E-state index in [-0.39, 0.29) is 11.8 Å². The van der Waals surface area contributed by atoms with Crippen LogP contribution < -0.4 is 16.8 Å². The molecule has 1 aromatic rings. The highest BCUT2D eigenvalue weighted by Gasteiger charge is 2.11. The van der Waals surface area contributed by atoms with Crippen molar-refractivity contribution < 1.29 is 9.59 Å². The van der Waals surface area contributed by atoms with Crippen LogP contribution in [0, 0.1) is 5.92 Å². The first-order valence-corrected chi connectivity index (χ1v) is 6.41. The molecule has 104 valence electrons. The van der Waals surface area contributed by atoms with Gasteiger partial charge in [0.25, 0.3) is 0 Å². The van der Waals surface area contributed by atoms with Gasteiger partial charge in [0.15, 0.2) is 0 Å². The van der Waals surface area contributed by atoms with Crippen molar-refractivity contribution in [1.82, 2.24) is 5.32 Å². The second-order valence-electron chi connectivity index (χ2n) is 4.61. The summed E-state index contributed by atoms with van der Waals surface area (Å²) < 4.78 is 0. The van der Waals surface area contributed by atoms with Crippen LogP contribution in [0.3, 0.4) is 0 Å². The number of carbonyl (C=O) groups excluding carboxylic acids is 2. The van der Waals surface area contributed by atoms with E-state index in [0.717, 1.165) is 18.4 Å². The molecule has 1 rings (SSSR count). The molecule has 5 heteroatoms. The van der Waals surface area contributed by atoms with Gasteiger partial charge >= 0.3 is 0 Å². The summed E-state index contributed by atoms with van der Waals surface area (Å²) in [6, 6.07) is 6.93. The van der Waals surface area contributed by atoms with Gasteiger partial charge in [0.05, 0.1) is 0 Å². The maximum Gasteiger partial charge on any atom is 0.248 e. The Morgan fingerprint density at radius 1 is 1.37 bits per heavy atom. The Morgan fingerprint density at radius 3 is 2.74 bits per heavy atom. The monoisotopic (exact) mass is 263 g/mol. The molecule has 5 nitrogen and oxygen atoms in total. The molecule has 1 atom stereocenters. The zero-order valence-electron chi connectivity index (χ0n) is 11.2. The van der Waals surface area contributed by atoms with Gasteiger partial charge in [0.1, 0.15) is 0 Å². The van der Waals surface area contributed by atoms with E-state index in [2.05, 4.69) is 5.32 Å². The Bertz CT molecular complexity index is 446. The third-order valence-electron chi connectivity index (χ3n) is 2.97. The molecule has 0 fully saturated rings. The van der Waals surface area contributed by atoms with Crippen molar-refractivity contribution in [1.29, 1.82) is 0 Å². The van der Waals surface area contributed by atoms with E-state index in [9.17, 15) is 9.59 Å². The molecule has 0 saturated heterocycles. The Kier molecular flexibility index (Phi) is 6.02. The first-order valence-electron chi connectivity index (χ1n) is 6.41. The number of hydrogen-bond donors (Lipinski definition) is 3. The van der Waals surface area contributed by atoms with Crippen LogP contribution in [0.1, 0.15) is 35.7 Å². The molecule has 0 aromatic heterocycles. The predicted molar refractivity (Wildman–Crippen MR) is 74.3 cm³/mol. The summed E-state index contributed by atoms with van der Waals surface area (Å²) in [4.78, 5) is 22.8. The second kappa shape index (κ2) is 7.53. The summed E-state index contributed by atoms with van der Waals surface area (Å²) in [5, 5.41) is 2.84. The predicted octanol–water partition coefficient (Wildman–Crippen LogP) is 0.777. The summed E-state index contributed by atoms with van der Waals surface area (Å²) in [5.74, 6) is -0.523. The fourth-order valence-electron chi connectivity index (χ4n) is 1.75. The first-order chi connectivity index (χ1) is 9.04. The smallest absolute Gasteiger partial charge is 0.248 e. The van der Waals surface area contributed by atoms with E-state index in [1.165, 1.54) is 0 Å². The lowest BCUT2D eigenvalue weighted by Crippen LogP contribution is -2.29. The van der Waals surface area contributed by atoms with Gasteiger partial charge in [-0.2, -0.15) is 0 Å². The molecule has 0 bridgehead atoms. The van der Waals surface area contributed by atoms with Crippen LogP contribution in [-0.4, -0.2) is 18.4 Å². The summed E-state index contributed by atoms with van der Waals surface area (Å²) in [5.41, 5.74) is 11.9. The molecule has 19 heavy (non-hydrogen) atoms. The average Bonchev–Trinajstić information content (AvgIpc) is 2.42. The van der Waals surface area contributed by atoms with Crippen LogP contribution in [0.2, 0.25) is 0 Å². The van der Waals surface area contributed by atoms with Crippen LogP contribution >= 0.6 is 0 Å². The summed E-state index contributed by atoms with van der Waals surface area (Å²) in [7, 11) is 0.